The fourth-order valence-corrected chi connectivity index (χ4v) is 3.79. The Hall–Kier alpha value is -0.860. The SMILES string of the molecule is CC1(C)CCCC1(N)CC1OCCc2ccccc21. The van der Waals surface area contributed by atoms with Gasteiger partial charge in [-0.2, -0.15) is 0 Å². The average molecular weight is 259 g/mol. The molecule has 19 heavy (non-hydrogen) atoms. The van der Waals surface area contributed by atoms with Crippen LogP contribution in [-0.4, -0.2) is 12.1 Å². The molecule has 1 fully saturated rings. The van der Waals surface area contributed by atoms with Crippen LogP contribution in [0.2, 0.25) is 0 Å². The number of rotatable bonds is 2. The van der Waals surface area contributed by atoms with Crippen LogP contribution in [0.15, 0.2) is 24.3 Å². The van der Waals surface area contributed by atoms with E-state index in [1.165, 1.54) is 24.0 Å². The Morgan fingerprint density at radius 1 is 1.26 bits per heavy atom. The zero-order valence-corrected chi connectivity index (χ0v) is 12.1. The molecular formula is C17H25NO. The third kappa shape index (κ3) is 2.21. The van der Waals surface area contributed by atoms with Crippen LogP contribution >= 0.6 is 0 Å². The Bertz CT molecular complexity index is 468. The first-order valence-electron chi connectivity index (χ1n) is 7.50. The lowest BCUT2D eigenvalue weighted by Gasteiger charge is -2.41. The Labute approximate surface area is 116 Å². The first kappa shape index (κ1) is 13.1. The molecule has 2 heteroatoms. The highest BCUT2D eigenvalue weighted by molar-refractivity contribution is 5.31. The molecule has 104 valence electrons. The van der Waals surface area contributed by atoms with E-state index in [0.29, 0.717) is 0 Å². The fourth-order valence-electron chi connectivity index (χ4n) is 3.79. The van der Waals surface area contributed by atoms with Crippen LogP contribution in [0.1, 0.15) is 56.8 Å². The molecule has 3 rings (SSSR count). The molecule has 2 aliphatic rings. The molecule has 1 aromatic rings. The second kappa shape index (κ2) is 4.60. The van der Waals surface area contributed by atoms with E-state index in [-0.39, 0.29) is 17.1 Å². The minimum absolute atomic E-state index is 0.0812. The van der Waals surface area contributed by atoms with Crippen LogP contribution in [-0.2, 0) is 11.2 Å². The maximum atomic E-state index is 6.74. The van der Waals surface area contributed by atoms with Gasteiger partial charge in [-0.3, -0.25) is 0 Å². The van der Waals surface area contributed by atoms with E-state index in [1.807, 2.05) is 0 Å². The van der Waals surface area contributed by atoms with E-state index >= 15 is 0 Å². The standard InChI is InChI=1S/C17H25NO/c1-16(2)9-5-10-17(16,18)12-15-14-7-4-3-6-13(14)8-11-19-15/h3-4,6-7,15H,5,8-12,18H2,1-2H3. The smallest absolute Gasteiger partial charge is 0.0845 e. The van der Waals surface area contributed by atoms with Gasteiger partial charge >= 0.3 is 0 Å². The number of benzene rings is 1. The molecule has 0 radical (unpaired) electrons. The third-order valence-electron chi connectivity index (χ3n) is 5.41. The lowest BCUT2D eigenvalue weighted by Crippen LogP contribution is -2.50. The van der Waals surface area contributed by atoms with Crippen molar-refractivity contribution in [2.75, 3.05) is 6.61 Å². The van der Waals surface area contributed by atoms with Gasteiger partial charge in [0.05, 0.1) is 12.7 Å². The Morgan fingerprint density at radius 3 is 2.79 bits per heavy atom. The molecule has 0 bridgehead atoms. The molecule has 2 atom stereocenters. The Morgan fingerprint density at radius 2 is 2.05 bits per heavy atom. The van der Waals surface area contributed by atoms with Crippen molar-refractivity contribution in [3.63, 3.8) is 0 Å². The van der Waals surface area contributed by atoms with Gasteiger partial charge in [0, 0.05) is 5.54 Å². The van der Waals surface area contributed by atoms with Crippen LogP contribution in [0.5, 0.6) is 0 Å². The molecule has 1 heterocycles. The second-order valence-electron chi connectivity index (χ2n) is 6.91. The summed E-state index contributed by atoms with van der Waals surface area (Å²) in [6, 6.07) is 8.68. The summed E-state index contributed by atoms with van der Waals surface area (Å²) in [4.78, 5) is 0. The zero-order chi connectivity index (χ0) is 13.5. The van der Waals surface area contributed by atoms with Crippen molar-refractivity contribution in [2.45, 2.75) is 57.6 Å². The molecule has 0 spiro atoms. The highest BCUT2D eigenvalue weighted by Gasteiger charge is 2.47. The lowest BCUT2D eigenvalue weighted by atomic mass is 9.71. The van der Waals surface area contributed by atoms with E-state index in [1.54, 1.807) is 0 Å². The van der Waals surface area contributed by atoms with Crippen molar-refractivity contribution in [1.29, 1.82) is 0 Å². The number of nitrogens with two attached hydrogens (primary N) is 1. The molecule has 1 aliphatic carbocycles. The molecule has 0 saturated heterocycles. The minimum Gasteiger partial charge on any atom is -0.373 e. The summed E-state index contributed by atoms with van der Waals surface area (Å²) in [5.41, 5.74) is 9.69. The quantitative estimate of drug-likeness (QED) is 0.880. The largest absolute Gasteiger partial charge is 0.373 e. The molecule has 2 nitrogen and oxygen atoms in total. The van der Waals surface area contributed by atoms with Crippen molar-refractivity contribution in [3.05, 3.63) is 35.4 Å². The van der Waals surface area contributed by atoms with Gasteiger partial charge in [0.25, 0.3) is 0 Å². The molecule has 0 amide bonds. The van der Waals surface area contributed by atoms with Crippen LogP contribution in [0.4, 0.5) is 0 Å². The normalized spacial score (nSPS) is 33.1. The van der Waals surface area contributed by atoms with Gasteiger partial charge in [-0.1, -0.05) is 44.5 Å². The first-order valence-corrected chi connectivity index (χ1v) is 7.50. The van der Waals surface area contributed by atoms with Crippen LogP contribution in [0.3, 0.4) is 0 Å². The van der Waals surface area contributed by atoms with E-state index in [9.17, 15) is 0 Å². The molecule has 0 aromatic heterocycles. The molecule has 2 unspecified atom stereocenters. The molecular weight excluding hydrogens is 234 g/mol. The van der Waals surface area contributed by atoms with E-state index < -0.39 is 0 Å². The first-order chi connectivity index (χ1) is 9.02. The zero-order valence-electron chi connectivity index (χ0n) is 12.1. The number of hydrogen-bond acceptors (Lipinski definition) is 2. The number of hydrogen-bond donors (Lipinski definition) is 1. The van der Waals surface area contributed by atoms with Crippen molar-refractivity contribution in [3.8, 4) is 0 Å². The third-order valence-corrected chi connectivity index (χ3v) is 5.41. The number of ether oxygens (including phenoxy) is 1. The summed E-state index contributed by atoms with van der Waals surface area (Å²) in [5, 5.41) is 0. The van der Waals surface area contributed by atoms with Crippen LogP contribution in [0, 0.1) is 5.41 Å². The van der Waals surface area contributed by atoms with Crippen LogP contribution in [0.25, 0.3) is 0 Å². The maximum Gasteiger partial charge on any atom is 0.0845 e. The molecule has 1 aromatic carbocycles. The Kier molecular flexibility index (Phi) is 3.18. The topological polar surface area (TPSA) is 35.2 Å². The summed E-state index contributed by atoms with van der Waals surface area (Å²) >= 11 is 0. The van der Waals surface area contributed by atoms with E-state index in [4.69, 9.17) is 10.5 Å². The summed E-state index contributed by atoms with van der Waals surface area (Å²) in [5.74, 6) is 0. The van der Waals surface area contributed by atoms with Crippen LogP contribution < -0.4 is 5.73 Å². The summed E-state index contributed by atoms with van der Waals surface area (Å²) in [7, 11) is 0. The van der Waals surface area contributed by atoms with Gasteiger partial charge in [0.2, 0.25) is 0 Å². The van der Waals surface area contributed by atoms with E-state index in [2.05, 4.69) is 38.1 Å². The maximum absolute atomic E-state index is 6.74. The summed E-state index contributed by atoms with van der Waals surface area (Å²) < 4.78 is 6.04. The molecule has 2 N–H and O–H groups in total. The van der Waals surface area contributed by atoms with E-state index in [0.717, 1.165) is 25.9 Å². The minimum atomic E-state index is -0.0812. The highest BCUT2D eigenvalue weighted by atomic mass is 16.5. The second-order valence-corrected chi connectivity index (χ2v) is 6.91. The average Bonchev–Trinajstić information content (AvgIpc) is 2.64. The lowest BCUT2D eigenvalue weighted by molar-refractivity contribution is 0.00597. The van der Waals surface area contributed by atoms with Crippen molar-refractivity contribution >= 4 is 0 Å². The monoisotopic (exact) mass is 259 g/mol. The van der Waals surface area contributed by atoms with Gasteiger partial charge in [-0.05, 0) is 42.2 Å². The van der Waals surface area contributed by atoms with Gasteiger partial charge in [0.15, 0.2) is 0 Å². The Balaban J connectivity index is 1.85. The predicted octanol–water partition coefficient (Wildman–Crippen LogP) is 3.60. The van der Waals surface area contributed by atoms with Gasteiger partial charge < -0.3 is 10.5 Å². The van der Waals surface area contributed by atoms with Crippen molar-refractivity contribution in [2.24, 2.45) is 11.1 Å². The van der Waals surface area contributed by atoms with Crippen molar-refractivity contribution in [1.82, 2.24) is 0 Å². The van der Waals surface area contributed by atoms with Gasteiger partial charge in [-0.25, -0.2) is 0 Å². The molecule has 1 saturated carbocycles. The highest BCUT2D eigenvalue weighted by Crippen LogP contribution is 2.49. The van der Waals surface area contributed by atoms with Gasteiger partial charge in [-0.15, -0.1) is 0 Å². The number of fused-ring (bicyclic) bond motifs is 1. The predicted molar refractivity (Wildman–Crippen MR) is 78.0 cm³/mol. The summed E-state index contributed by atoms with van der Waals surface area (Å²) in [6.07, 6.45) is 5.79. The van der Waals surface area contributed by atoms with Gasteiger partial charge in [0.1, 0.15) is 0 Å². The molecule has 1 aliphatic heterocycles. The van der Waals surface area contributed by atoms with Crippen molar-refractivity contribution < 1.29 is 4.74 Å². The summed E-state index contributed by atoms with van der Waals surface area (Å²) in [6.45, 7) is 5.46. The fraction of sp³-hybridized carbons (Fsp3) is 0.647.